The second kappa shape index (κ2) is 3.85. The summed E-state index contributed by atoms with van der Waals surface area (Å²) in [7, 11) is 3.91. The van der Waals surface area contributed by atoms with Gasteiger partial charge in [-0.05, 0) is 19.4 Å². The maximum atomic E-state index is 8.55. The summed E-state index contributed by atoms with van der Waals surface area (Å²) >= 11 is 0. The highest BCUT2D eigenvalue weighted by Crippen LogP contribution is 2.38. The van der Waals surface area contributed by atoms with Crippen molar-refractivity contribution < 1.29 is 4.74 Å². The number of fused-ring (bicyclic) bond motifs is 2. The first kappa shape index (κ1) is 9.91. The predicted octanol–water partition coefficient (Wildman–Crippen LogP) is -0.183. The van der Waals surface area contributed by atoms with Gasteiger partial charge in [0.1, 0.15) is 0 Å². The summed E-state index contributed by atoms with van der Waals surface area (Å²) < 4.78 is 5.46. The van der Waals surface area contributed by atoms with Gasteiger partial charge in [0.25, 0.3) is 0 Å². The Hall–Kier alpha value is -0.630. The fraction of sp³-hybridized carbons (Fsp3) is 0.900. The van der Waals surface area contributed by atoms with Crippen LogP contribution in [0.15, 0.2) is 0 Å². The lowest BCUT2D eigenvalue weighted by Gasteiger charge is -2.29. The molecule has 1 aliphatic carbocycles. The molecule has 0 aromatic heterocycles. The molecule has 78 valence electrons. The minimum absolute atomic E-state index is 0.343. The highest BCUT2D eigenvalue weighted by molar-refractivity contribution is 5.08. The molecule has 4 atom stereocenters. The Bertz CT molecular complexity index is 250. The van der Waals surface area contributed by atoms with E-state index in [2.05, 4.69) is 23.3 Å². The lowest BCUT2D eigenvalue weighted by molar-refractivity contribution is 0.0276. The molecule has 0 aromatic rings. The molecule has 1 saturated carbocycles. The van der Waals surface area contributed by atoms with Gasteiger partial charge in [-0.1, -0.05) is 0 Å². The van der Waals surface area contributed by atoms with E-state index in [1.807, 2.05) is 0 Å². The van der Waals surface area contributed by atoms with Crippen LogP contribution in [0.2, 0.25) is 0 Å². The number of likely N-dealkylation sites (tertiary alicyclic amines) is 1. The standard InChI is InChI=1S/C10H17N3O/c1-13-6-7-5-8(14-2)10(13)9(7)12-4-3-11/h7-10,12H,4-6H2,1-2H3. The molecule has 4 unspecified atom stereocenters. The number of methoxy groups -OCH3 is 1. The Kier molecular flexibility index (Phi) is 2.73. The van der Waals surface area contributed by atoms with E-state index in [1.165, 1.54) is 0 Å². The zero-order valence-corrected chi connectivity index (χ0v) is 8.73. The molecule has 0 spiro atoms. The SMILES string of the molecule is COC1CC2CN(C)C1C2NCC#N. The summed E-state index contributed by atoms with van der Waals surface area (Å²) in [5, 5.41) is 11.9. The second-order valence-electron chi connectivity index (χ2n) is 4.26. The van der Waals surface area contributed by atoms with Crippen molar-refractivity contribution >= 4 is 0 Å². The van der Waals surface area contributed by atoms with Crippen molar-refractivity contribution in [3.8, 4) is 6.07 Å². The lowest BCUT2D eigenvalue weighted by Crippen LogP contribution is -2.46. The minimum atomic E-state index is 0.343. The molecule has 2 bridgehead atoms. The molecule has 1 aliphatic heterocycles. The molecule has 4 heteroatoms. The zero-order valence-electron chi connectivity index (χ0n) is 8.73. The van der Waals surface area contributed by atoms with Crippen LogP contribution in [-0.4, -0.2) is 50.3 Å². The molecule has 2 aliphatic rings. The van der Waals surface area contributed by atoms with Gasteiger partial charge in [-0.2, -0.15) is 5.26 Å². The first-order valence-electron chi connectivity index (χ1n) is 5.11. The van der Waals surface area contributed by atoms with Gasteiger partial charge < -0.3 is 4.74 Å². The molecule has 4 nitrogen and oxygen atoms in total. The third kappa shape index (κ3) is 1.42. The van der Waals surface area contributed by atoms with E-state index in [9.17, 15) is 0 Å². The number of ether oxygens (including phenoxy) is 1. The molecule has 1 heterocycles. The monoisotopic (exact) mass is 195 g/mol. The molecule has 1 N–H and O–H groups in total. The van der Waals surface area contributed by atoms with E-state index >= 15 is 0 Å². The van der Waals surface area contributed by atoms with Crippen molar-refractivity contribution in [2.45, 2.75) is 24.6 Å². The number of rotatable bonds is 3. The summed E-state index contributed by atoms with van der Waals surface area (Å²) in [4.78, 5) is 2.34. The maximum absolute atomic E-state index is 8.55. The average Bonchev–Trinajstić information content (AvgIpc) is 2.67. The number of hydrogen-bond donors (Lipinski definition) is 1. The minimum Gasteiger partial charge on any atom is -0.380 e. The largest absolute Gasteiger partial charge is 0.380 e. The van der Waals surface area contributed by atoms with Crippen molar-refractivity contribution in [2.75, 3.05) is 27.2 Å². The molecular weight excluding hydrogens is 178 g/mol. The van der Waals surface area contributed by atoms with Gasteiger partial charge in [0.2, 0.25) is 0 Å². The molecule has 0 amide bonds. The highest BCUT2D eigenvalue weighted by Gasteiger charge is 2.51. The topological polar surface area (TPSA) is 48.3 Å². The van der Waals surface area contributed by atoms with Crippen LogP contribution in [0.3, 0.4) is 0 Å². The Labute approximate surface area is 84.8 Å². The molecule has 2 rings (SSSR count). The molecule has 1 saturated heterocycles. The summed E-state index contributed by atoms with van der Waals surface area (Å²) in [6.07, 6.45) is 1.48. The van der Waals surface area contributed by atoms with Crippen LogP contribution in [-0.2, 0) is 4.74 Å². The molecular formula is C10H17N3O. The summed E-state index contributed by atoms with van der Waals surface area (Å²) in [5.74, 6) is 0.656. The first-order valence-corrected chi connectivity index (χ1v) is 5.11. The van der Waals surface area contributed by atoms with Gasteiger partial charge in [-0.3, -0.25) is 10.2 Å². The average molecular weight is 195 g/mol. The summed E-state index contributed by atoms with van der Waals surface area (Å²) in [5.41, 5.74) is 0. The third-order valence-electron chi connectivity index (χ3n) is 3.54. The maximum Gasteiger partial charge on any atom is 0.0843 e. The number of nitriles is 1. The second-order valence-corrected chi connectivity index (χ2v) is 4.26. The quantitative estimate of drug-likeness (QED) is 0.634. The fourth-order valence-corrected chi connectivity index (χ4v) is 3.02. The van der Waals surface area contributed by atoms with E-state index in [4.69, 9.17) is 10.00 Å². The third-order valence-corrected chi connectivity index (χ3v) is 3.54. The van der Waals surface area contributed by atoms with Gasteiger partial charge in [-0.15, -0.1) is 0 Å². The van der Waals surface area contributed by atoms with Crippen LogP contribution in [0, 0.1) is 17.2 Å². The zero-order chi connectivity index (χ0) is 10.1. The Morgan fingerprint density at radius 3 is 3.07 bits per heavy atom. The van der Waals surface area contributed by atoms with Gasteiger partial charge in [0.05, 0.1) is 24.8 Å². The van der Waals surface area contributed by atoms with E-state index < -0.39 is 0 Å². The Morgan fingerprint density at radius 2 is 2.43 bits per heavy atom. The lowest BCUT2D eigenvalue weighted by atomic mass is 10.1. The normalized spacial score (nSPS) is 41.5. The van der Waals surface area contributed by atoms with Crippen molar-refractivity contribution in [2.24, 2.45) is 5.92 Å². The van der Waals surface area contributed by atoms with E-state index in [0.29, 0.717) is 30.7 Å². The molecule has 2 fully saturated rings. The van der Waals surface area contributed by atoms with Crippen molar-refractivity contribution in [1.82, 2.24) is 10.2 Å². The number of hydrogen-bond acceptors (Lipinski definition) is 4. The first-order chi connectivity index (χ1) is 6.77. The summed E-state index contributed by atoms with van der Waals surface area (Å²) in [6, 6.07) is 3.05. The van der Waals surface area contributed by atoms with Crippen LogP contribution in [0.4, 0.5) is 0 Å². The Morgan fingerprint density at radius 1 is 1.64 bits per heavy atom. The summed E-state index contributed by atoms with van der Waals surface area (Å²) in [6.45, 7) is 1.58. The van der Waals surface area contributed by atoms with E-state index in [1.54, 1.807) is 7.11 Å². The van der Waals surface area contributed by atoms with E-state index in [-0.39, 0.29) is 0 Å². The predicted molar refractivity (Wildman–Crippen MR) is 52.7 cm³/mol. The van der Waals surface area contributed by atoms with Gasteiger partial charge in [0, 0.05) is 19.7 Å². The van der Waals surface area contributed by atoms with Crippen molar-refractivity contribution in [3.63, 3.8) is 0 Å². The number of nitrogens with one attached hydrogen (secondary N) is 1. The fourth-order valence-electron chi connectivity index (χ4n) is 3.02. The van der Waals surface area contributed by atoms with Crippen LogP contribution < -0.4 is 5.32 Å². The van der Waals surface area contributed by atoms with Gasteiger partial charge in [0.15, 0.2) is 0 Å². The number of nitrogens with zero attached hydrogens (tertiary/aromatic N) is 2. The van der Waals surface area contributed by atoms with Gasteiger partial charge in [-0.25, -0.2) is 0 Å². The van der Waals surface area contributed by atoms with Crippen LogP contribution in [0.5, 0.6) is 0 Å². The number of likely N-dealkylation sites (N-methyl/N-ethyl adjacent to an activating group) is 1. The molecule has 0 radical (unpaired) electrons. The van der Waals surface area contributed by atoms with Crippen molar-refractivity contribution in [3.05, 3.63) is 0 Å². The van der Waals surface area contributed by atoms with Crippen molar-refractivity contribution in [1.29, 1.82) is 5.26 Å². The number of piperidine rings is 1. The molecule has 14 heavy (non-hydrogen) atoms. The van der Waals surface area contributed by atoms with Crippen LogP contribution >= 0.6 is 0 Å². The Balaban J connectivity index is 2.02. The molecule has 0 aromatic carbocycles. The van der Waals surface area contributed by atoms with Gasteiger partial charge >= 0.3 is 0 Å². The van der Waals surface area contributed by atoms with E-state index in [0.717, 1.165) is 13.0 Å². The van der Waals surface area contributed by atoms with Crippen LogP contribution in [0.25, 0.3) is 0 Å². The van der Waals surface area contributed by atoms with Crippen LogP contribution in [0.1, 0.15) is 6.42 Å². The smallest absolute Gasteiger partial charge is 0.0843 e. The highest BCUT2D eigenvalue weighted by atomic mass is 16.5.